The molecular formula is C12H15N3. The van der Waals surface area contributed by atoms with Crippen molar-refractivity contribution in [3.63, 3.8) is 0 Å². The van der Waals surface area contributed by atoms with Crippen molar-refractivity contribution < 1.29 is 0 Å². The van der Waals surface area contributed by atoms with E-state index in [1.807, 2.05) is 31.5 Å². The highest BCUT2D eigenvalue weighted by molar-refractivity contribution is 5.15. The third-order valence-corrected chi connectivity index (χ3v) is 2.41. The molecule has 2 heterocycles. The van der Waals surface area contributed by atoms with Gasteiger partial charge in [0.15, 0.2) is 0 Å². The first-order valence-electron chi connectivity index (χ1n) is 5.07. The Balaban J connectivity index is 2.21. The summed E-state index contributed by atoms with van der Waals surface area (Å²) >= 11 is 0. The van der Waals surface area contributed by atoms with E-state index >= 15 is 0 Å². The van der Waals surface area contributed by atoms with Crippen LogP contribution in [0.4, 0.5) is 0 Å². The minimum Gasteiger partial charge on any atom is -0.346 e. The maximum Gasteiger partial charge on any atom is 0.0488 e. The second-order valence-electron chi connectivity index (χ2n) is 3.71. The van der Waals surface area contributed by atoms with Gasteiger partial charge in [-0.15, -0.1) is 0 Å². The standard InChI is InChI=1S/C12H15N3/c1-10(13)12-5-3-7-15(12)9-11-4-2-6-14-8-11/h2-8,10H,9,13H2,1H3. The van der Waals surface area contributed by atoms with Gasteiger partial charge in [0.05, 0.1) is 0 Å². The molecule has 2 aromatic rings. The van der Waals surface area contributed by atoms with Crippen LogP contribution in [0, 0.1) is 0 Å². The summed E-state index contributed by atoms with van der Waals surface area (Å²) in [5.41, 5.74) is 8.22. The maximum absolute atomic E-state index is 5.88. The van der Waals surface area contributed by atoms with E-state index in [9.17, 15) is 0 Å². The molecule has 0 aliphatic heterocycles. The van der Waals surface area contributed by atoms with Gasteiger partial charge in [-0.1, -0.05) is 6.07 Å². The molecule has 2 rings (SSSR count). The number of aromatic nitrogens is 2. The van der Waals surface area contributed by atoms with Gasteiger partial charge in [0.1, 0.15) is 0 Å². The van der Waals surface area contributed by atoms with Gasteiger partial charge >= 0.3 is 0 Å². The van der Waals surface area contributed by atoms with Crippen LogP contribution < -0.4 is 5.73 Å². The van der Waals surface area contributed by atoms with Gasteiger partial charge in [0.2, 0.25) is 0 Å². The van der Waals surface area contributed by atoms with Crippen molar-refractivity contribution in [3.05, 3.63) is 54.1 Å². The van der Waals surface area contributed by atoms with Crippen LogP contribution in [-0.2, 0) is 6.54 Å². The highest BCUT2D eigenvalue weighted by Gasteiger charge is 2.05. The van der Waals surface area contributed by atoms with Crippen molar-refractivity contribution in [1.29, 1.82) is 0 Å². The Morgan fingerprint density at radius 1 is 1.40 bits per heavy atom. The van der Waals surface area contributed by atoms with E-state index in [4.69, 9.17) is 5.73 Å². The van der Waals surface area contributed by atoms with Crippen LogP contribution >= 0.6 is 0 Å². The van der Waals surface area contributed by atoms with E-state index in [2.05, 4.69) is 21.7 Å². The first-order valence-corrected chi connectivity index (χ1v) is 5.07. The van der Waals surface area contributed by atoms with Gasteiger partial charge in [-0.05, 0) is 30.7 Å². The molecule has 0 bridgehead atoms. The Labute approximate surface area is 89.6 Å². The van der Waals surface area contributed by atoms with Crippen LogP contribution in [0.5, 0.6) is 0 Å². The molecule has 0 aromatic carbocycles. The van der Waals surface area contributed by atoms with Gasteiger partial charge in [-0.25, -0.2) is 0 Å². The van der Waals surface area contributed by atoms with Crippen LogP contribution in [0.2, 0.25) is 0 Å². The fourth-order valence-corrected chi connectivity index (χ4v) is 1.67. The third-order valence-electron chi connectivity index (χ3n) is 2.41. The monoisotopic (exact) mass is 201 g/mol. The molecule has 0 radical (unpaired) electrons. The van der Waals surface area contributed by atoms with E-state index in [1.165, 1.54) is 5.56 Å². The lowest BCUT2D eigenvalue weighted by Gasteiger charge is -2.11. The Kier molecular flexibility index (Phi) is 2.83. The predicted octanol–water partition coefficient (Wildman–Crippen LogP) is 1.95. The van der Waals surface area contributed by atoms with Gasteiger partial charge in [-0.2, -0.15) is 0 Å². The normalized spacial score (nSPS) is 12.7. The summed E-state index contributed by atoms with van der Waals surface area (Å²) in [4.78, 5) is 4.10. The molecule has 1 unspecified atom stereocenters. The smallest absolute Gasteiger partial charge is 0.0488 e. The zero-order valence-electron chi connectivity index (χ0n) is 8.80. The second-order valence-corrected chi connectivity index (χ2v) is 3.71. The minimum atomic E-state index is 0.0664. The quantitative estimate of drug-likeness (QED) is 0.824. The average Bonchev–Trinajstić information content (AvgIpc) is 2.67. The molecule has 15 heavy (non-hydrogen) atoms. The lowest BCUT2D eigenvalue weighted by atomic mass is 10.2. The van der Waals surface area contributed by atoms with Gasteiger partial charge in [0, 0.05) is 36.9 Å². The summed E-state index contributed by atoms with van der Waals surface area (Å²) in [5, 5.41) is 0. The number of pyridine rings is 1. The van der Waals surface area contributed by atoms with Crippen molar-refractivity contribution in [2.45, 2.75) is 19.5 Å². The van der Waals surface area contributed by atoms with Crippen molar-refractivity contribution in [1.82, 2.24) is 9.55 Å². The van der Waals surface area contributed by atoms with Crippen LogP contribution in [0.1, 0.15) is 24.2 Å². The molecule has 0 saturated carbocycles. The highest BCUT2D eigenvalue weighted by atomic mass is 15.0. The topological polar surface area (TPSA) is 43.8 Å². The molecule has 0 fully saturated rings. The van der Waals surface area contributed by atoms with Crippen LogP contribution in [0.15, 0.2) is 42.9 Å². The average molecular weight is 201 g/mol. The lowest BCUT2D eigenvalue weighted by molar-refractivity contribution is 0.674. The van der Waals surface area contributed by atoms with Crippen LogP contribution in [0.25, 0.3) is 0 Å². The zero-order chi connectivity index (χ0) is 10.7. The van der Waals surface area contributed by atoms with E-state index < -0.39 is 0 Å². The molecule has 0 spiro atoms. The minimum absolute atomic E-state index is 0.0664. The SMILES string of the molecule is CC(N)c1cccn1Cc1cccnc1. The van der Waals surface area contributed by atoms with E-state index in [1.54, 1.807) is 6.20 Å². The molecule has 3 nitrogen and oxygen atoms in total. The van der Waals surface area contributed by atoms with Crippen molar-refractivity contribution in [2.75, 3.05) is 0 Å². The second kappa shape index (κ2) is 4.28. The fourth-order valence-electron chi connectivity index (χ4n) is 1.67. The fraction of sp³-hybridized carbons (Fsp3) is 0.250. The molecule has 2 N–H and O–H groups in total. The van der Waals surface area contributed by atoms with Gasteiger partial charge < -0.3 is 10.3 Å². The summed E-state index contributed by atoms with van der Waals surface area (Å²) < 4.78 is 2.15. The van der Waals surface area contributed by atoms with Crippen molar-refractivity contribution in [3.8, 4) is 0 Å². The zero-order valence-corrected chi connectivity index (χ0v) is 8.80. The lowest BCUT2D eigenvalue weighted by Crippen LogP contribution is -2.12. The van der Waals surface area contributed by atoms with Gasteiger partial charge in [0.25, 0.3) is 0 Å². The summed E-state index contributed by atoms with van der Waals surface area (Å²) in [5.74, 6) is 0. The van der Waals surface area contributed by atoms with E-state index in [0.717, 1.165) is 12.2 Å². The number of nitrogens with zero attached hydrogens (tertiary/aromatic N) is 2. The Morgan fingerprint density at radius 2 is 2.27 bits per heavy atom. The van der Waals surface area contributed by atoms with Crippen LogP contribution in [0.3, 0.4) is 0 Å². The molecule has 3 heteroatoms. The molecule has 0 amide bonds. The highest BCUT2D eigenvalue weighted by Crippen LogP contribution is 2.12. The number of hydrogen-bond donors (Lipinski definition) is 1. The Bertz CT molecular complexity index is 417. The van der Waals surface area contributed by atoms with Crippen molar-refractivity contribution >= 4 is 0 Å². The first-order chi connectivity index (χ1) is 7.27. The molecule has 1 atom stereocenters. The number of nitrogens with two attached hydrogens (primary N) is 1. The molecular weight excluding hydrogens is 186 g/mol. The number of hydrogen-bond acceptors (Lipinski definition) is 2. The predicted molar refractivity (Wildman–Crippen MR) is 60.4 cm³/mol. The Hall–Kier alpha value is -1.61. The number of rotatable bonds is 3. The Morgan fingerprint density at radius 3 is 2.93 bits per heavy atom. The maximum atomic E-state index is 5.88. The van der Waals surface area contributed by atoms with E-state index in [-0.39, 0.29) is 6.04 Å². The van der Waals surface area contributed by atoms with E-state index in [0.29, 0.717) is 0 Å². The molecule has 0 aliphatic carbocycles. The summed E-state index contributed by atoms with van der Waals surface area (Å²) in [6.07, 6.45) is 5.71. The summed E-state index contributed by atoms with van der Waals surface area (Å²) in [7, 11) is 0. The largest absolute Gasteiger partial charge is 0.346 e. The molecule has 2 aromatic heterocycles. The first kappa shape index (κ1) is 9.93. The van der Waals surface area contributed by atoms with Gasteiger partial charge in [-0.3, -0.25) is 4.98 Å². The third kappa shape index (κ3) is 2.25. The molecule has 0 aliphatic rings. The molecule has 78 valence electrons. The van der Waals surface area contributed by atoms with Crippen molar-refractivity contribution in [2.24, 2.45) is 5.73 Å². The van der Waals surface area contributed by atoms with Crippen LogP contribution in [-0.4, -0.2) is 9.55 Å². The summed E-state index contributed by atoms with van der Waals surface area (Å²) in [6, 6.07) is 8.16. The molecule has 0 saturated heterocycles. The summed E-state index contributed by atoms with van der Waals surface area (Å²) in [6.45, 7) is 2.83.